The quantitative estimate of drug-likeness (QED) is 0.653. The molecule has 0 saturated carbocycles. The molecule has 0 unspecified atom stereocenters. The van der Waals surface area contributed by atoms with Crippen molar-refractivity contribution >= 4 is 35.4 Å². The molecule has 2 rings (SSSR count). The maximum absolute atomic E-state index is 11.0. The fourth-order valence-electron chi connectivity index (χ4n) is 1.32. The van der Waals surface area contributed by atoms with E-state index < -0.39 is 7.60 Å². The predicted molar refractivity (Wildman–Crippen MR) is 55.0 cm³/mol. The fourth-order valence-corrected chi connectivity index (χ4v) is 2.24. The lowest BCUT2D eigenvalue weighted by Gasteiger charge is -2.00. The molecule has 6 heteroatoms. The van der Waals surface area contributed by atoms with Gasteiger partial charge in [0, 0.05) is 22.1 Å². The number of hydrogen-bond donors (Lipinski definition) is 3. The molecule has 1 heterocycles. The molecule has 14 heavy (non-hydrogen) atoms. The van der Waals surface area contributed by atoms with E-state index in [1.807, 2.05) is 0 Å². The first-order valence-electron chi connectivity index (χ1n) is 3.81. The zero-order valence-corrected chi connectivity index (χ0v) is 8.59. The molecule has 0 bridgehead atoms. The van der Waals surface area contributed by atoms with E-state index in [2.05, 4.69) is 4.98 Å². The highest BCUT2D eigenvalue weighted by atomic mass is 35.5. The van der Waals surface area contributed by atoms with Crippen molar-refractivity contribution < 1.29 is 14.4 Å². The zero-order chi connectivity index (χ0) is 10.3. The molecule has 1 aromatic carbocycles. The van der Waals surface area contributed by atoms with E-state index in [-0.39, 0.29) is 5.30 Å². The molecule has 0 spiro atoms. The standard InChI is InChI=1S/C8H7ClNO3P/c9-5-1-2-6-7(3-5)10-4-8(6)14(11,12)13/h1-4,10H,(H2,11,12,13). The van der Waals surface area contributed by atoms with Crippen LogP contribution in [0, 0.1) is 0 Å². The third-order valence-electron chi connectivity index (χ3n) is 1.94. The Balaban J connectivity index is 2.77. The van der Waals surface area contributed by atoms with Gasteiger partial charge in [0.1, 0.15) is 0 Å². The van der Waals surface area contributed by atoms with Crippen molar-refractivity contribution in [2.24, 2.45) is 0 Å². The predicted octanol–water partition coefficient (Wildman–Crippen LogP) is 1.62. The first kappa shape index (κ1) is 9.74. The number of aromatic amines is 1. The fraction of sp³-hybridized carbons (Fsp3) is 0. The van der Waals surface area contributed by atoms with Crippen molar-refractivity contribution in [2.45, 2.75) is 0 Å². The van der Waals surface area contributed by atoms with Crippen LogP contribution in [0.15, 0.2) is 24.4 Å². The number of rotatable bonds is 1. The molecule has 0 saturated heterocycles. The summed E-state index contributed by atoms with van der Waals surface area (Å²) in [7, 11) is -4.21. The third-order valence-corrected chi connectivity index (χ3v) is 3.17. The second-order valence-electron chi connectivity index (χ2n) is 2.91. The molecular formula is C8H7ClNO3P. The van der Waals surface area contributed by atoms with Crippen molar-refractivity contribution in [3.8, 4) is 0 Å². The zero-order valence-electron chi connectivity index (χ0n) is 6.94. The van der Waals surface area contributed by atoms with Gasteiger partial charge in [-0.3, -0.25) is 4.57 Å². The number of hydrogen-bond acceptors (Lipinski definition) is 1. The Kier molecular flexibility index (Phi) is 2.16. The summed E-state index contributed by atoms with van der Waals surface area (Å²) in [5.74, 6) is 0. The molecule has 0 amide bonds. The summed E-state index contributed by atoms with van der Waals surface area (Å²) >= 11 is 5.73. The van der Waals surface area contributed by atoms with Crippen LogP contribution >= 0.6 is 19.2 Å². The molecular weight excluding hydrogens is 225 g/mol. The minimum absolute atomic E-state index is 0.00386. The van der Waals surface area contributed by atoms with E-state index in [9.17, 15) is 4.57 Å². The summed E-state index contributed by atoms with van der Waals surface area (Å²) in [5.41, 5.74) is 0.621. The van der Waals surface area contributed by atoms with Gasteiger partial charge in [-0.1, -0.05) is 17.7 Å². The Morgan fingerprint density at radius 2 is 2.07 bits per heavy atom. The minimum atomic E-state index is -4.21. The first-order valence-corrected chi connectivity index (χ1v) is 5.80. The topological polar surface area (TPSA) is 73.3 Å². The van der Waals surface area contributed by atoms with Crippen LogP contribution < -0.4 is 5.30 Å². The Bertz CT molecular complexity index is 530. The number of benzene rings is 1. The summed E-state index contributed by atoms with van der Waals surface area (Å²) in [4.78, 5) is 20.8. The van der Waals surface area contributed by atoms with Gasteiger partial charge in [0.15, 0.2) is 0 Å². The van der Waals surface area contributed by atoms with Crippen molar-refractivity contribution in [2.75, 3.05) is 0 Å². The van der Waals surface area contributed by atoms with Gasteiger partial charge in [-0.15, -0.1) is 0 Å². The minimum Gasteiger partial charge on any atom is -0.360 e. The van der Waals surface area contributed by atoms with Crippen LogP contribution in [-0.2, 0) is 4.57 Å². The Morgan fingerprint density at radius 3 is 2.71 bits per heavy atom. The van der Waals surface area contributed by atoms with Gasteiger partial charge in [-0.2, -0.15) is 0 Å². The molecule has 1 aromatic heterocycles. The highest BCUT2D eigenvalue weighted by molar-refractivity contribution is 7.60. The van der Waals surface area contributed by atoms with Crippen molar-refractivity contribution in [1.29, 1.82) is 0 Å². The number of aromatic nitrogens is 1. The van der Waals surface area contributed by atoms with E-state index in [4.69, 9.17) is 21.4 Å². The van der Waals surface area contributed by atoms with E-state index >= 15 is 0 Å². The average molecular weight is 232 g/mol. The van der Waals surface area contributed by atoms with Gasteiger partial charge in [0.2, 0.25) is 0 Å². The van der Waals surface area contributed by atoms with Gasteiger partial charge >= 0.3 is 7.60 Å². The van der Waals surface area contributed by atoms with Gasteiger partial charge in [-0.05, 0) is 12.1 Å². The molecule has 74 valence electrons. The van der Waals surface area contributed by atoms with Crippen LogP contribution in [0.3, 0.4) is 0 Å². The van der Waals surface area contributed by atoms with E-state index in [1.54, 1.807) is 18.2 Å². The van der Waals surface area contributed by atoms with Gasteiger partial charge in [-0.25, -0.2) is 0 Å². The van der Waals surface area contributed by atoms with Gasteiger partial charge in [0.25, 0.3) is 0 Å². The molecule has 0 aliphatic rings. The highest BCUT2D eigenvalue weighted by Gasteiger charge is 2.21. The molecule has 2 aromatic rings. The van der Waals surface area contributed by atoms with Crippen molar-refractivity contribution in [3.05, 3.63) is 29.4 Å². The van der Waals surface area contributed by atoms with Crippen LogP contribution in [-0.4, -0.2) is 14.8 Å². The number of H-pyrrole nitrogens is 1. The summed E-state index contributed by atoms with van der Waals surface area (Å²) in [6.07, 6.45) is 1.31. The summed E-state index contributed by atoms with van der Waals surface area (Å²) < 4.78 is 11.0. The molecule has 0 aliphatic carbocycles. The van der Waals surface area contributed by atoms with Crippen LogP contribution in [0.5, 0.6) is 0 Å². The summed E-state index contributed by atoms with van der Waals surface area (Å²) in [5, 5.41) is 1.03. The lowest BCUT2D eigenvalue weighted by Crippen LogP contribution is -2.00. The average Bonchev–Trinajstić information content (AvgIpc) is 2.45. The monoisotopic (exact) mass is 231 g/mol. The lowest BCUT2D eigenvalue weighted by atomic mass is 10.2. The summed E-state index contributed by atoms with van der Waals surface area (Å²) in [6, 6.07) is 4.80. The van der Waals surface area contributed by atoms with E-state index in [1.165, 1.54) is 6.20 Å². The maximum atomic E-state index is 11.0. The smallest absolute Gasteiger partial charge is 0.358 e. The lowest BCUT2D eigenvalue weighted by molar-refractivity contribution is 0.388. The SMILES string of the molecule is O=P(O)(O)c1c[nH]c2cc(Cl)ccc12. The maximum Gasteiger partial charge on any atom is 0.358 e. The Labute approximate surface area is 84.7 Å². The second kappa shape index (κ2) is 3.11. The molecule has 0 fully saturated rings. The van der Waals surface area contributed by atoms with Gasteiger partial charge in [0.05, 0.1) is 5.30 Å². The second-order valence-corrected chi connectivity index (χ2v) is 4.91. The number of nitrogens with one attached hydrogen (secondary N) is 1. The third kappa shape index (κ3) is 1.57. The van der Waals surface area contributed by atoms with E-state index in [0.717, 1.165) is 0 Å². The van der Waals surface area contributed by atoms with Crippen LogP contribution in [0.1, 0.15) is 0 Å². The molecule has 0 radical (unpaired) electrons. The van der Waals surface area contributed by atoms with Crippen molar-refractivity contribution in [1.82, 2.24) is 4.98 Å². The van der Waals surface area contributed by atoms with Crippen LogP contribution in [0.4, 0.5) is 0 Å². The highest BCUT2D eigenvalue weighted by Crippen LogP contribution is 2.36. The molecule has 0 aliphatic heterocycles. The first-order chi connectivity index (χ1) is 6.48. The van der Waals surface area contributed by atoms with Crippen LogP contribution in [0.25, 0.3) is 10.9 Å². The molecule has 4 nitrogen and oxygen atoms in total. The van der Waals surface area contributed by atoms with Crippen molar-refractivity contribution in [3.63, 3.8) is 0 Å². The Morgan fingerprint density at radius 1 is 1.36 bits per heavy atom. The Hall–Kier alpha value is -0.800. The largest absolute Gasteiger partial charge is 0.360 e. The number of halogens is 1. The molecule has 0 atom stereocenters. The van der Waals surface area contributed by atoms with Crippen LogP contribution in [0.2, 0.25) is 5.02 Å². The molecule has 3 N–H and O–H groups in total. The number of fused-ring (bicyclic) bond motifs is 1. The normalized spacial score (nSPS) is 12.2. The van der Waals surface area contributed by atoms with Gasteiger partial charge < -0.3 is 14.8 Å². The summed E-state index contributed by atoms with van der Waals surface area (Å²) in [6.45, 7) is 0. The van der Waals surface area contributed by atoms with E-state index in [0.29, 0.717) is 15.9 Å².